The maximum absolute atomic E-state index is 5.44. The van der Waals surface area contributed by atoms with Gasteiger partial charge in [-0.05, 0) is 31.9 Å². The minimum Gasteiger partial charge on any atom is -0.478 e. The van der Waals surface area contributed by atoms with Crippen LogP contribution in [0.25, 0.3) is 0 Å². The molecule has 102 valence electrons. The highest BCUT2D eigenvalue weighted by molar-refractivity contribution is 5.16. The van der Waals surface area contributed by atoms with E-state index in [0.29, 0.717) is 18.6 Å². The summed E-state index contributed by atoms with van der Waals surface area (Å²) in [6.07, 6.45) is 2.14. The van der Waals surface area contributed by atoms with Gasteiger partial charge >= 0.3 is 0 Å². The number of hydrogen-bond donors (Lipinski definition) is 1. The number of nitrogens with zero attached hydrogens (tertiary/aromatic N) is 1. The van der Waals surface area contributed by atoms with E-state index in [1.807, 2.05) is 19.1 Å². The second kappa shape index (κ2) is 8.09. The lowest BCUT2D eigenvalue weighted by atomic mass is 9.99. The van der Waals surface area contributed by atoms with Crippen molar-refractivity contribution in [3.63, 3.8) is 0 Å². The zero-order valence-corrected chi connectivity index (χ0v) is 12.1. The van der Waals surface area contributed by atoms with Crippen LogP contribution in [0.4, 0.5) is 0 Å². The summed E-state index contributed by atoms with van der Waals surface area (Å²) in [6.45, 7) is 10.3. The first-order valence-corrected chi connectivity index (χ1v) is 6.97. The van der Waals surface area contributed by atoms with E-state index in [2.05, 4.69) is 37.1 Å². The smallest absolute Gasteiger partial charge is 0.213 e. The molecular formula is C15H26N2O. The fourth-order valence-electron chi connectivity index (χ4n) is 2.15. The molecule has 0 spiro atoms. The fourth-order valence-corrected chi connectivity index (χ4v) is 2.15. The predicted molar refractivity (Wildman–Crippen MR) is 76.0 cm³/mol. The molecule has 1 N–H and O–H groups in total. The van der Waals surface area contributed by atoms with Gasteiger partial charge in [-0.15, -0.1) is 0 Å². The molecule has 3 nitrogen and oxygen atoms in total. The van der Waals surface area contributed by atoms with Crippen LogP contribution in [0.15, 0.2) is 18.2 Å². The molecule has 1 heterocycles. The van der Waals surface area contributed by atoms with Crippen LogP contribution in [0, 0.1) is 5.92 Å². The monoisotopic (exact) mass is 250 g/mol. The predicted octanol–water partition coefficient (Wildman–Crippen LogP) is 3.05. The molecule has 0 radical (unpaired) electrons. The van der Waals surface area contributed by atoms with Gasteiger partial charge in [-0.1, -0.05) is 26.8 Å². The van der Waals surface area contributed by atoms with Crippen molar-refractivity contribution < 1.29 is 4.74 Å². The van der Waals surface area contributed by atoms with Crippen LogP contribution in [0.5, 0.6) is 5.88 Å². The Kier molecular flexibility index (Phi) is 6.73. The molecule has 1 atom stereocenters. The molecule has 0 aliphatic carbocycles. The van der Waals surface area contributed by atoms with Gasteiger partial charge in [0.2, 0.25) is 5.88 Å². The van der Waals surface area contributed by atoms with Crippen molar-refractivity contribution in [2.24, 2.45) is 5.92 Å². The van der Waals surface area contributed by atoms with Crippen LogP contribution in [0.1, 0.15) is 39.8 Å². The van der Waals surface area contributed by atoms with Crippen LogP contribution in [-0.4, -0.2) is 24.2 Å². The Morgan fingerprint density at radius 1 is 1.28 bits per heavy atom. The number of nitrogens with one attached hydrogen (secondary N) is 1. The maximum atomic E-state index is 5.44. The number of aromatic nitrogens is 1. The second-order valence-corrected chi connectivity index (χ2v) is 4.99. The number of rotatable bonds is 8. The minimum absolute atomic E-state index is 0.499. The third kappa shape index (κ3) is 5.50. The summed E-state index contributed by atoms with van der Waals surface area (Å²) in [5.41, 5.74) is 1.10. The third-order valence-corrected chi connectivity index (χ3v) is 2.78. The van der Waals surface area contributed by atoms with E-state index in [1.165, 1.54) is 6.42 Å². The van der Waals surface area contributed by atoms with Crippen molar-refractivity contribution in [2.45, 2.75) is 46.6 Å². The molecule has 0 saturated heterocycles. The molecule has 1 aromatic heterocycles. The molecule has 0 fully saturated rings. The molecule has 0 aromatic carbocycles. The van der Waals surface area contributed by atoms with Crippen molar-refractivity contribution in [3.8, 4) is 5.88 Å². The van der Waals surface area contributed by atoms with Gasteiger partial charge in [0.1, 0.15) is 0 Å². The van der Waals surface area contributed by atoms with Gasteiger partial charge in [0.15, 0.2) is 0 Å². The first-order chi connectivity index (χ1) is 8.65. The van der Waals surface area contributed by atoms with E-state index >= 15 is 0 Å². The van der Waals surface area contributed by atoms with Crippen molar-refractivity contribution in [1.82, 2.24) is 10.3 Å². The van der Waals surface area contributed by atoms with E-state index in [1.54, 1.807) is 0 Å². The van der Waals surface area contributed by atoms with Crippen molar-refractivity contribution in [2.75, 3.05) is 13.2 Å². The lowest BCUT2D eigenvalue weighted by molar-refractivity contribution is 0.325. The van der Waals surface area contributed by atoms with E-state index in [9.17, 15) is 0 Å². The summed E-state index contributed by atoms with van der Waals surface area (Å²) < 4.78 is 5.44. The van der Waals surface area contributed by atoms with Crippen LogP contribution < -0.4 is 10.1 Å². The SMILES string of the molecule is CCNC(Cc1cccc(OCC)n1)CC(C)C. The molecule has 0 bridgehead atoms. The highest BCUT2D eigenvalue weighted by Crippen LogP contribution is 2.13. The standard InChI is InChI=1S/C15H26N2O/c1-5-16-14(10-12(3)4)11-13-8-7-9-15(17-13)18-6-2/h7-9,12,14,16H,5-6,10-11H2,1-4H3. The van der Waals surface area contributed by atoms with Gasteiger partial charge in [-0.3, -0.25) is 0 Å². The average molecular weight is 250 g/mol. The molecule has 3 heteroatoms. The molecule has 0 aliphatic heterocycles. The van der Waals surface area contributed by atoms with Gasteiger partial charge in [-0.25, -0.2) is 4.98 Å². The van der Waals surface area contributed by atoms with E-state index < -0.39 is 0 Å². The normalized spacial score (nSPS) is 12.7. The van der Waals surface area contributed by atoms with Gasteiger partial charge in [-0.2, -0.15) is 0 Å². The van der Waals surface area contributed by atoms with Crippen molar-refractivity contribution in [1.29, 1.82) is 0 Å². The lowest BCUT2D eigenvalue weighted by Gasteiger charge is -2.19. The van der Waals surface area contributed by atoms with Gasteiger partial charge in [0, 0.05) is 24.2 Å². The van der Waals surface area contributed by atoms with Crippen LogP contribution in [0.3, 0.4) is 0 Å². The first kappa shape index (κ1) is 15.0. The summed E-state index contributed by atoms with van der Waals surface area (Å²) in [4.78, 5) is 4.53. The third-order valence-electron chi connectivity index (χ3n) is 2.78. The molecule has 0 amide bonds. The van der Waals surface area contributed by atoms with E-state index in [-0.39, 0.29) is 0 Å². The summed E-state index contributed by atoms with van der Waals surface area (Å²) in [6, 6.07) is 6.51. The second-order valence-electron chi connectivity index (χ2n) is 4.99. The Hall–Kier alpha value is -1.09. The molecule has 1 rings (SSSR count). The average Bonchev–Trinajstić information content (AvgIpc) is 2.29. The zero-order chi connectivity index (χ0) is 13.4. The molecule has 18 heavy (non-hydrogen) atoms. The van der Waals surface area contributed by atoms with Gasteiger partial charge in [0.05, 0.1) is 6.61 Å². The Morgan fingerprint density at radius 3 is 2.67 bits per heavy atom. The summed E-state index contributed by atoms with van der Waals surface area (Å²) in [5.74, 6) is 1.43. The number of pyridine rings is 1. The number of likely N-dealkylation sites (N-methyl/N-ethyl adjacent to an activating group) is 1. The van der Waals surface area contributed by atoms with Gasteiger partial charge in [0.25, 0.3) is 0 Å². The number of hydrogen-bond acceptors (Lipinski definition) is 3. The summed E-state index contributed by atoms with van der Waals surface area (Å²) in [5, 5.41) is 3.53. The van der Waals surface area contributed by atoms with Crippen LogP contribution >= 0.6 is 0 Å². The number of ether oxygens (including phenoxy) is 1. The fraction of sp³-hybridized carbons (Fsp3) is 0.667. The molecule has 1 unspecified atom stereocenters. The lowest BCUT2D eigenvalue weighted by Crippen LogP contribution is -2.32. The zero-order valence-electron chi connectivity index (χ0n) is 12.1. The topological polar surface area (TPSA) is 34.1 Å². The maximum Gasteiger partial charge on any atom is 0.213 e. The first-order valence-electron chi connectivity index (χ1n) is 6.97. The molecule has 1 aromatic rings. The molecular weight excluding hydrogens is 224 g/mol. The van der Waals surface area contributed by atoms with Gasteiger partial charge < -0.3 is 10.1 Å². The van der Waals surface area contributed by atoms with E-state index in [0.717, 1.165) is 24.5 Å². The molecule has 0 saturated carbocycles. The van der Waals surface area contributed by atoms with Crippen LogP contribution in [0.2, 0.25) is 0 Å². The van der Waals surface area contributed by atoms with E-state index in [4.69, 9.17) is 4.74 Å². The van der Waals surface area contributed by atoms with Crippen LogP contribution in [-0.2, 0) is 6.42 Å². The minimum atomic E-state index is 0.499. The highest BCUT2D eigenvalue weighted by atomic mass is 16.5. The summed E-state index contributed by atoms with van der Waals surface area (Å²) >= 11 is 0. The van der Waals surface area contributed by atoms with Crippen molar-refractivity contribution >= 4 is 0 Å². The van der Waals surface area contributed by atoms with Crippen molar-refractivity contribution in [3.05, 3.63) is 23.9 Å². The summed E-state index contributed by atoms with van der Waals surface area (Å²) in [7, 11) is 0. The largest absolute Gasteiger partial charge is 0.478 e. The molecule has 0 aliphatic rings. The Bertz CT molecular complexity index is 339. The Morgan fingerprint density at radius 2 is 2.06 bits per heavy atom. The quantitative estimate of drug-likeness (QED) is 0.770. The Balaban J connectivity index is 2.64. The highest BCUT2D eigenvalue weighted by Gasteiger charge is 2.11. The Labute approximate surface area is 111 Å².